The number of hydrogen-bond donors (Lipinski definition) is 0. The fraction of sp³-hybridized carbons (Fsp3) is 0.217. The molecular formula is C23H18N4O6. The van der Waals surface area contributed by atoms with E-state index in [2.05, 4.69) is 5.10 Å². The Morgan fingerprint density at radius 2 is 1.70 bits per heavy atom. The van der Waals surface area contributed by atoms with Crippen LogP contribution in [-0.2, 0) is 9.59 Å². The first-order chi connectivity index (χ1) is 15.9. The van der Waals surface area contributed by atoms with Gasteiger partial charge < -0.3 is 4.74 Å². The Kier molecular flexibility index (Phi) is 4.77. The van der Waals surface area contributed by atoms with Crippen LogP contribution in [0.3, 0.4) is 0 Å². The van der Waals surface area contributed by atoms with Gasteiger partial charge in [-0.3, -0.25) is 29.5 Å². The van der Waals surface area contributed by atoms with Crippen molar-refractivity contribution in [1.29, 1.82) is 0 Å². The standard InChI is InChI=1S/C23H18N4O6/c1-33-16-10-4-13(5-11-16)21(28)20-19-18(17-3-2-12-24-26(17)20)22(29)25(23(19)30)14-6-8-15(9-7-14)27(31)32/h2-12,17-20H,1H3/t17-,18-,19+,20-/m0/s1. The number of nitro groups is 1. The van der Waals surface area contributed by atoms with Gasteiger partial charge in [0.2, 0.25) is 11.8 Å². The zero-order valence-electron chi connectivity index (χ0n) is 17.4. The molecule has 0 spiro atoms. The van der Waals surface area contributed by atoms with E-state index in [4.69, 9.17) is 4.74 Å². The quantitative estimate of drug-likeness (QED) is 0.299. The van der Waals surface area contributed by atoms with Crippen molar-refractivity contribution in [3.8, 4) is 5.75 Å². The van der Waals surface area contributed by atoms with Gasteiger partial charge in [0.1, 0.15) is 11.8 Å². The molecule has 0 N–H and O–H groups in total. The Morgan fingerprint density at radius 3 is 2.33 bits per heavy atom. The first-order valence-corrected chi connectivity index (χ1v) is 10.2. The summed E-state index contributed by atoms with van der Waals surface area (Å²) >= 11 is 0. The summed E-state index contributed by atoms with van der Waals surface area (Å²) in [6.45, 7) is 0. The van der Waals surface area contributed by atoms with Crippen molar-refractivity contribution in [2.24, 2.45) is 16.9 Å². The fourth-order valence-corrected chi connectivity index (χ4v) is 4.74. The molecule has 10 nitrogen and oxygen atoms in total. The normalized spacial score (nSPS) is 25.2. The molecule has 10 heteroatoms. The second-order valence-electron chi connectivity index (χ2n) is 7.89. The number of amides is 2. The highest BCUT2D eigenvalue weighted by Crippen LogP contribution is 2.46. The van der Waals surface area contributed by atoms with Crippen LogP contribution in [0.2, 0.25) is 0 Å². The molecule has 3 aliphatic heterocycles. The second kappa shape index (κ2) is 7.66. The third-order valence-corrected chi connectivity index (χ3v) is 6.25. The summed E-state index contributed by atoms with van der Waals surface area (Å²) in [4.78, 5) is 51.8. The molecule has 0 unspecified atom stereocenters. The van der Waals surface area contributed by atoms with Crippen LogP contribution in [0.1, 0.15) is 10.4 Å². The number of imide groups is 1. The Bertz CT molecular complexity index is 1220. The molecule has 4 atom stereocenters. The number of hydrazone groups is 1. The molecule has 0 aliphatic carbocycles. The number of carbonyl (C=O) groups is 3. The number of ketones is 1. The molecule has 2 saturated heterocycles. The van der Waals surface area contributed by atoms with Gasteiger partial charge in [-0.2, -0.15) is 5.10 Å². The molecule has 0 saturated carbocycles. The van der Waals surface area contributed by atoms with Gasteiger partial charge in [-0.15, -0.1) is 0 Å². The smallest absolute Gasteiger partial charge is 0.269 e. The maximum Gasteiger partial charge on any atom is 0.269 e. The summed E-state index contributed by atoms with van der Waals surface area (Å²) in [7, 11) is 1.52. The van der Waals surface area contributed by atoms with Crippen LogP contribution < -0.4 is 9.64 Å². The first kappa shape index (κ1) is 20.6. The van der Waals surface area contributed by atoms with E-state index in [0.717, 1.165) is 4.90 Å². The van der Waals surface area contributed by atoms with E-state index in [1.54, 1.807) is 36.4 Å². The molecule has 2 fully saturated rings. The average molecular weight is 446 g/mol. The van der Waals surface area contributed by atoms with Gasteiger partial charge in [-0.25, -0.2) is 4.90 Å². The van der Waals surface area contributed by atoms with Crippen molar-refractivity contribution in [1.82, 2.24) is 5.01 Å². The maximum absolute atomic E-state index is 13.5. The number of ether oxygens (including phenoxy) is 1. The van der Waals surface area contributed by atoms with Crippen LogP contribution >= 0.6 is 0 Å². The summed E-state index contributed by atoms with van der Waals surface area (Å²) in [5.41, 5.74) is 0.454. The number of anilines is 1. The summed E-state index contributed by atoms with van der Waals surface area (Å²) in [5, 5.41) is 16.8. The average Bonchev–Trinajstić information content (AvgIpc) is 3.31. The van der Waals surface area contributed by atoms with Gasteiger partial charge in [-0.05, 0) is 42.5 Å². The largest absolute Gasteiger partial charge is 0.497 e. The number of allylic oxidation sites excluding steroid dienone is 1. The van der Waals surface area contributed by atoms with Gasteiger partial charge in [0.25, 0.3) is 5.69 Å². The molecule has 0 aromatic heterocycles. The summed E-state index contributed by atoms with van der Waals surface area (Å²) in [6, 6.07) is 10.2. The Labute approximate surface area is 187 Å². The number of benzene rings is 2. The Morgan fingerprint density at radius 1 is 1.03 bits per heavy atom. The number of nitrogens with zero attached hydrogens (tertiary/aromatic N) is 4. The molecule has 33 heavy (non-hydrogen) atoms. The molecule has 2 aromatic rings. The van der Waals surface area contributed by atoms with Gasteiger partial charge in [0, 0.05) is 23.9 Å². The van der Waals surface area contributed by atoms with Crippen molar-refractivity contribution in [3.63, 3.8) is 0 Å². The molecule has 0 radical (unpaired) electrons. The minimum Gasteiger partial charge on any atom is -0.497 e. The molecular weight excluding hydrogens is 428 g/mol. The predicted octanol–water partition coefficient (Wildman–Crippen LogP) is 2.20. The van der Waals surface area contributed by atoms with E-state index in [9.17, 15) is 24.5 Å². The van der Waals surface area contributed by atoms with Crippen LogP contribution in [-0.4, -0.2) is 52.9 Å². The first-order valence-electron chi connectivity index (χ1n) is 10.2. The zero-order valence-corrected chi connectivity index (χ0v) is 17.4. The van der Waals surface area contributed by atoms with Crippen LogP contribution in [0.15, 0.2) is 65.8 Å². The second-order valence-corrected chi connectivity index (χ2v) is 7.89. The van der Waals surface area contributed by atoms with E-state index in [1.807, 2.05) is 0 Å². The van der Waals surface area contributed by atoms with Crippen LogP contribution in [0.25, 0.3) is 0 Å². The van der Waals surface area contributed by atoms with Gasteiger partial charge in [0.15, 0.2) is 5.78 Å². The van der Waals surface area contributed by atoms with Crippen molar-refractivity contribution in [3.05, 3.63) is 76.4 Å². The van der Waals surface area contributed by atoms with Crippen molar-refractivity contribution in [2.75, 3.05) is 12.0 Å². The zero-order chi connectivity index (χ0) is 23.3. The number of carbonyl (C=O) groups excluding carboxylic acids is 3. The van der Waals surface area contributed by atoms with Crippen LogP contribution in [0.5, 0.6) is 5.75 Å². The van der Waals surface area contributed by atoms with Gasteiger partial charge >= 0.3 is 0 Å². The third kappa shape index (κ3) is 3.10. The van der Waals surface area contributed by atoms with Crippen molar-refractivity contribution in [2.45, 2.75) is 12.1 Å². The molecule has 2 amide bonds. The predicted molar refractivity (Wildman–Crippen MR) is 117 cm³/mol. The van der Waals surface area contributed by atoms with E-state index < -0.39 is 40.7 Å². The fourth-order valence-electron chi connectivity index (χ4n) is 4.74. The topological polar surface area (TPSA) is 122 Å². The highest BCUT2D eigenvalue weighted by atomic mass is 16.6. The number of methoxy groups -OCH3 is 1. The van der Waals surface area contributed by atoms with E-state index >= 15 is 0 Å². The summed E-state index contributed by atoms with van der Waals surface area (Å²) < 4.78 is 5.15. The maximum atomic E-state index is 13.5. The SMILES string of the molecule is COc1ccc(C(=O)[C@@H]2[C@@H]3C(=O)N(c4ccc([N+](=O)[O-])cc4)C(=O)[C@H]3[C@@H]3C=CC=NN23)cc1. The number of rotatable bonds is 5. The lowest BCUT2D eigenvalue weighted by Gasteiger charge is -2.30. The lowest BCUT2D eigenvalue weighted by Crippen LogP contribution is -2.46. The number of hydrogen-bond acceptors (Lipinski definition) is 8. The van der Waals surface area contributed by atoms with Crippen molar-refractivity contribution >= 4 is 35.2 Å². The van der Waals surface area contributed by atoms with Crippen LogP contribution in [0, 0.1) is 22.0 Å². The highest BCUT2D eigenvalue weighted by molar-refractivity contribution is 6.24. The summed E-state index contributed by atoms with van der Waals surface area (Å²) in [6.07, 6.45) is 4.97. The number of fused-ring (bicyclic) bond motifs is 3. The van der Waals surface area contributed by atoms with E-state index in [0.29, 0.717) is 11.3 Å². The van der Waals surface area contributed by atoms with E-state index in [-0.39, 0.29) is 17.2 Å². The monoisotopic (exact) mass is 446 g/mol. The number of non-ortho nitro benzene ring substituents is 1. The van der Waals surface area contributed by atoms with Crippen LogP contribution in [0.4, 0.5) is 11.4 Å². The molecule has 166 valence electrons. The lowest BCUT2D eigenvalue weighted by molar-refractivity contribution is -0.384. The van der Waals surface area contributed by atoms with E-state index in [1.165, 1.54) is 42.6 Å². The highest BCUT2D eigenvalue weighted by Gasteiger charge is 2.64. The van der Waals surface area contributed by atoms with Crippen molar-refractivity contribution < 1.29 is 24.0 Å². The van der Waals surface area contributed by atoms with Gasteiger partial charge in [0.05, 0.1) is 35.6 Å². The minimum absolute atomic E-state index is 0.152. The Balaban J connectivity index is 1.53. The lowest BCUT2D eigenvalue weighted by atomic mass is 9.86. The molecule has 5 rings (SSSR count). The molecule has 0 bridgehead atoms. The minimum atomic E-state index is -0.964. The summed E-state index contributed by atoms with van der Waals surface area (Å²) in [5.74, 6) is -2.46. The molecule has 3 aliphatic rings. The molecule has 2 aromatic carbocycles. The number of nitro benzene ring substituents is 1. The molecule has 3 heterocycles. The number of Topliss-reactive ketones (excluding diaryl/α,β-unsaturated/α-hetero) is 1. The Hall–Kier alpha value is -4.34. The third-order valence-electron chi connectivity index (χ3n) is 6.25. The van der Waals surface area contributed by atoms with Gasteiger partial charge in [-0.1, -0.05) is 6.08 Å².